The molecule has 2 heterocycles. The Kier molecular flexibility index (Phi) is 5.80. The summed E-state index contributed by atoms with van der Waals surface area (Å²) < 4.78 is 0. The van der Waals surface area contributed by atoms with Crippen LogP contribution < -0.4 is 5.32 Å². The van der Waals surface area contributed by atoms with E-state index in [1.54, 1.807) is 23.5 Å². The molecule has 0 radical (unpaired) electrons. The Labute approximate surface area is 213 Å². The molecule has 1 N–H and O–H groups in total. The van der Waals surface area contributed by atoms with Gasteiger partial charge in [0.1, 0.15) is 5.01 Å². The van der Waals surface area contributed by atoms with Crippen LogP contribution in [-0.4, -0.2) is 33.1 Å². The lowest BCUT2D eigenvalue weighted by Crippen LogP contribution is -2.45. The van der Waals surface area contributed by atoms with Gasteiger partial charge in [-0.3, -0.25) is 19.3 Å². The van der Waals surface area contributed by atoms with Crippen LogP contribution in [0.5, 0.6) is 0 Å². The first-order valence-electron chi connectivity index (χ1n) is 11.6. The third kappa shape index (κ3) is 4.22. The second-order valence-corrected chi connectivity index (χ2v) is 10.9. The summed E-state index contributed by atoms with van der Waals surface area (Å²) in [5.74, 6) is -1.07. The molecule has 0 saturated heterocycles. The van der Waals surface area contributed by atoms with E-state index < -0.39 is 5.54 Å². The second-order valence-electron chi connectivity index (χ2n) is 9.70. The highest BCUT2D eigenvalue weighted by Gasteiger charge is 2.42. The summed E-state index contributed by atoms with van der Waals surface area (Å²) in [6.45, 7) is 7.47. The van der Waals surface area contributed by atoms with Crippen LogP contribution in [0.25, 0.3) is 21.8 Å². The van der Waals surface area contributed by atoms with Crippen LogP contribution in [0.15, 0.2) is 72.8 Å². The first-order chi connectivity index (χ1) is 17.1. The van der Waals surface area contributed by atoms with Gasteiger partial charge in [-0.1, -0.05) is 42.5 Å². The summed E-state index contributed by atoms with van der Waals surface area (Å²) in [7, 11) is 0. The topological polar surface area (TPSA) is 79.4 Å². The van der Waals surface area contributed by atoms with Crippen molar-refractivity contribution in [2.45, 2.75) is 33.2 Å². The Bertz CT molecular complexity index is 1500. The van der Waals surface area contributed by atoms with Gasteiger partial charge in [0.25, 0.3) is 17.7 Å². The normalized spacial score (nSPS) is 13.2. The van der Waals surface area contributed by atoms with E-state index >= 15 is 0 Å². The van der Waals surface area contributed by atoms with Crippen molar-refractivity contribution in [2.24, 2.45) is 0 Å². The summed E-state index contributed by atoms with van der Waals surface area (Å²) in [6, 6.07) is 22.2. The van der Waals surface area contributed by atoms with Gasteiger partial charge >= 0.3 is 0 Å². The first-order valence-corrected chi connectivity index (χ1v) is 12.4. The number of rotatable bonds is 4. The lowest BCUT2D eigenvalue weighted by Gasteiger charge is -2.29. The molecule has 0 aliphatic carbocycles. The summed E-state index contributed by atoms with van der Waals surface area (Å²) in [5, 5.41) is 3.84. The van der Waals surface area contributed by atoms with E-state index in [4.69, 9.17) is 4.98 Å². The highest BCUT2D eigenvalue weighted by Crippen LogP contribution is 2.34. The van der Waals surface area contributed by atoms with Gasteiger partial charge in [0, 0.05) is 32.8 Å². The van der Waals surface area contributed by atoms with E-state index in [1.807, 2.05) is 75.4 Å². The Morgan fingerprint density at radius 2 is 1.53 bits per heavy atom. The van der Waals surface area contributed by atoms with Crippen LogP contribution in [0.3, 0.4) is 0 Å². The van der Waals surface area contributed by atoms with E-state index in [0.29, 0.717) is 16.8 Å². The Hall–Kier alpha value is -4.10. The number of thiazole rings is 1. The number of carbonyl (C=O) groups is 3. The number of nitrogens with one attached hydrogen (secondary N) is 1. The van der Waals surface area contributed by atoms with E-state index in [0.717, 1.165) is 26.7 Å². The van der Waals surface area contributed by atoms with E-state index in [9.17, 15) is 14.4 Å². The maximum Gasteiger partial charge on any atom is 0.262 e. The van der Waals surface area contributed by atoms with Gasteiger partial charge in [-0.05, 0) is 58.0 Å². The number of fused-ring (bicyclic) bond motifs is 1. The Balaban J connectivity index is 1.34. The fourth-order valence-electron chi connectivity index (χ4n) is 4.27. The lowest BCUT2D eigenvalue weighted by molar-refractivity contribution is 0.0507. The molecule has 0 bridgehead atoms. The summed E-state index contributed by atoms with van der Waals surface area (Å²) >= 11 is 1.65. The molecule has 5 rings (SSSR count). The fraction of sp³-hybridized carbons (Fsp3) is 0.172. The van der Waals surface area contributed by atoms with Crippen molar-refractivity contribution >= 4 is 34.7 Å². The van der Waals surface area contributed by atoms with Crippen molar-refractivity contribution in [2.75, 3.05) is 5.32 Å². The number of anilines is 1. The van der Waals surface area contributed by atoms with Crippen LogP contribution in [0.2, 0.25) is 0 Å². The molecule has 0 spiro atoms. The van der Waals surface area contributed by atoms with Crippen molar-refractivity contribution in [3.8, 4) is 21.8 Å². The fourth-order valence-corrected chi connectivity index (χ4v) is 5.22. The standard InChI is InChI=1S/C29H25N3O3S/c1-17-24(31-26(36-17)19-8-6-5-7-9-19)18-10-13-21(14-11-18)30-25(33)20-12-15-22-23(16-20)28(35)32(27(22)34)29(2,3)4/h5-16H,1-4H3,(H,30,33). The van der Waals surface area contributed by atoms with Gasteiger partial charge in [0.2, 0.25) is 0 Å². The molecular weight excluding hydrogens is 470 g/mol. The predicted octanol–water partition coefficient (Wildman–Crippen LogP) is 6.43. The third-order valence-corrected chi connectivity index (χ3v) is 7.07. The number of hydrogen-bond acceptors (Lipinski definition) is 5. The summed E-state index contributed by atoms with van der Waals surface area (Å²) in [6.07, 6.45) is 0. The molecule has 180 valence electrons. The molecular formula is C29H25N3O3S. The molecule has 1 aromatic heterocycles. The minimum Gasteiger partial charge on any atom is -0.322 e. The number of aryl methyl sites for hydroxylation is 1. The molecule has 1 aliphatic rings. The zero-order chi connectivity index (χ0) is 25.6. The largest absolute Gasteiger partial charge is 0.322 e. The molecule has 3 aromatic carbocycles. The molecule has 7 heteroatoms. The van der Waals surface area contributed by atoms with Crippen molar-refractivity contribution in [1.82, 2.24) is 9.88 Å². The first kappa shape index (κ1) is 23.6. The third-order valence-electron chi connectivity index (χ3n) is 6.05. The van der Waals surface area contributed by atoms with E-state index in [-0.39, 0.29) is 23.3 Å². The average molecular weight is 496 g/mol. The SMILES string of the molecule is Cc1sc(-c2ccccc2)nc1-c1ccc(NC(=O)c2ccc3c(c2)C(=O)N(C(C)(C)C)C3=O)cc1. The maximum atomic E-state index is 12.9. The number of carbonyl (C=O) groups excluding carboxylic acids is 3. The molecule has 36 heavy (non-hydrogen) atoms. The van der Waals surface area contributed by atoms with Crippen LogP contribution in [0.4, 0.5) is 5.69 Å². The highest BCUT2D eigenvalue weighted by atomic mass is 32.1. The number of nitrogens with zero attached hydrogens (tertiary/aromatic N) is 2. The number of amides is 3. The van der Waals surface area contributed by atoms with E-state index in [2.05, 4.69) is 12.2 Å². The van der Waals surface area contributed by atoms with Gasteiger partial charge in [-0.25, -0.2) is 4.98 Å². The van der Waals surface area contributed by atoms with Crippen molar-refractivity contribution in [3.05, 3.63) is 94.4 Å². The molecule has 0 fully saturated rings. The van der Waals surface area contributed by atoms with Crippen LogP contribution in [-0.2, 0) is 0 Å². The monoisotopic (exact) mass is 495 g/mol. The van der Waals surface area contributed by atoms with Gasteiger partial charge in [-0.2, -0.15) is 0 Å². The highest BCUT2D eigenvalue weighted by molar-refractivity contribution is 7.15. The number of benzene rings is 3. The number of aromatic nitrogens is 1. The zero-order valence-corrected chi connectivity index (χ0v) is 21.3. The number of imide groups is 1. The van der Waals surface area contributed by atoms with Crippen molar-refractivity contribution < 1.29 is 14.4 Å². The average Bonchev–Trinajstić information content (AvgIpc) is 3.36. The summed E-state index contributed by atoms with van der Waals surface area (Å²) in [4.78, 5) is 45.6. The van der Waals surface area contributed by atoms with Crippen molar-refractivity contribution in [3.63, 3.8) is 0 Å². The molecule has 6 nitrogen and oxygen atoms in total. The Morgan fingerprint density at radius 1 is 0.861 bits per heavy atom. The van der Waals surface area contributed by atoms with Crippen molar-refractivity contribution in [1.29, 1.82) is 0 Å². The van der Waals surface area contributed by atoms with Crippen LogP contribution >= 0.6 is 11.3 Å². The second kappa shape index (κ2) is 8.84. The summed E-state index contributed by atoms with van der Waals surface area (Å²) in [5.41, 5.74) is 3.84. The minimum absolute atomic E-state index is 0.256. The molecule has 1 aliphatic heterocycles. The van der Waals surface area contributed by atoms with Gasteiger partial charge in [-0.15, -0.1) is 11.3 Å². The molecule has 0 atom stereocenters. The zero-order valence-electron chi connectivity index (χ0n) is 20.5. The molecule has 0 saturated carbocycles. The van der Waals surface area contributed by atoms with Crippen LogP contribution in [0, 0.1) is 6.92 Å². The Morgan fingerprint density at radius 3 is 2.19 bits per heavy atom. The van der Waals surface area contributed by atoms with Gasteiger partial charge in [0.15, 0.2) is 0 Å². The van der Waals surface area contributed by atoms with Gasteiger partial charge in [0.05, 0.1) is 16.8 Å². The molecule has 4 aromatic rings. The maximum absolute atomic E-state index is 12.9. The number of hydrogen-bond donors (Lipinski definition) is 1. The minimum atomic E-state index is -0.644. The quantitative estimate of drug-likeness (QED) is 0.331. The molecule has 0 unspecified atom stereocenters. The van der Waals surface area contributed by atoms with Gasteiger partial charge < -0.3 is 5.32 Å². The van der Waals surface area contributed by atoms with Crippen LogP contribution in [0.1, 0.15) is 56.7 Å². The predicted molar refractivity (Wildman–Crippen MR) is 142 cm³/mol. The molecule has 3 amide bonds. The smallest absolute Gasteiger partial charge is 0.262 e. The lowest BCUT2D eigenvalue weighted by atomic mass is 10.0. The van der Waals surface area contributed by atoms with E-state index in [1.165, 1.54) is 11.0 Å².